The van der Waals surface area contributed by atoms with Crippen LogP contribution < -0.4 is 0 Å². The van der Waals surface area contributed by atoms with Crippen molar-refractivity contribution in [2.24, 2.45) is 5.92 Å². The lowest BCUT2D eigenvalue weighted by Gasteiger charge is -2.31. The Hall–Kier alpha value is -3.23. The lowest BCUT2D eigenvalue weighted by molar-refractivity contribution is 0.192. The highest BCUT2D eigenvalue weighted by atomic mass is 15.1. The largest absolute Gasteiger partial charge is 0.338 e. The second kappa shape index (κ2) is 8.49. The molecular formula is C26H27N5. The summed E-state index contributed by atoms with van der Waals surface area (Å²) in [6.45, 7) is 7.64. The van der Waals surface area contributed by atoms with Crippen LogP contribution in [-0.2, 0) is 6.42 Å². The second-order valence-electron chi connectivity index (χ2n) is 8.31. The highest BCUT2D eigenvalue weighted by Gasteiger charge is 2.22. The molecule has 0 atom stereocenters. The van der Waals surface area contributed by atoms with Gasteiger partial charge in [-0.1, -0.05) is 12.8 Å². The van der Waals surface area contributed by atoms with E-state index in [9.17, 15) is 0 Å². The predicted octanol–water partition coefficient (Wildman–Crippen LogP) is 4.82. The van der Waals surface area contributed by atoms with Crippen LogP contribution in [0.1, 0.15) is 37.9 Å². The number of hydrogen-bond donors (Lipinski definition) is 1. The van der Waals surface area contributed by atoms with Crippen LogP contribution in [-0.4, -0.2) is 44.5 Å². The van der Waals surface area contributed by atoms with Crippen LogP contribution >= 0.6 is 0 Å². The molecular weight excluding hydrogens is 382 g/mol. The fourth-order valence-corrected chi connectivity index (χ4v) is 4.76. The SMILES string of the molecule is CC#Cc1ncc2[nH]c3ncc(-c4ccncc4)cc3c2c1CC1CCN(CC)CC1. The van der Waals surface area contributed by atoms with Gasteiger partial charge in [-0.05, 0) is 87.0 Å². The summed E-state index contributed by atoms with van der Waals surface area (Å²) in [5, 5.41) is 2.37. The van der Waals surface area contributed by atoms with Gasteiger partial charge in [-0.15, -0.1) is 0 Å². The van der Waals surface area contributed by atoms with Gasteiger partial charge in [0.1, 0.15) is 11.3 Å². The Bertz CT molecular complexity index is 1270. The number of hydrogen-bond acceptors (Lipinski definition) is 4. The van der Waals surface area contributed by atoms with Gasteiger partial charge in [0, 0.05) is 34.9 Å². The summed E-state index contributed by atoms with van der Waals surface area (Å²) in [5.41, 5.74) is 6.33. The van der Waals surface area contributed by atoms with E-state index in [-0.39, 0.29) is 0 Å². The van der Waals surface area contributed by atoms with Gasteiger partial charge in [0.2, 0.25) is 0 Å². The van der Waals surface area contributed by atoms with Crippen molar-refractivity contribution in [3.63, 3.8) is 0 Å². The molecule has 5 nitrogen and oxygen atoms in total. The number of pyridine rings is 3. The fraction of sp³-hybridized carbons (Fsp3) is 0.346. The number of piperidine rings is 1. The molecule has 0 radical (unpaired) electrons. The maximum atomic E-state index is 4.73. The fourth-order valence-electron chi connectivity index (χ4n) is 4.76. The van der Waals surface area contributed by atoms with Crippen LogP contribution in [0.4, 0.5) is 0 Å². The molecule has 1 aliphatic heterocycles. The number of rotatable bonds is 4. The van der Waals surface area contributed by atoms with E-state index in [0.717, 1.165) is 46.3 Å². The van der Waals surface area contributed by atoms with Crippen LogP contribution in [0.5, 0.6) is 0 Å². The number of likely N-dealkylation sites (tertiary alicyclic amines) is 1. The third-order valence-electron chi connectivity index (χ3n) is 6.49. The maximum absolute atomic E-state index is 4.73. The van der Waals surface area contributed by atoms with Crippen molar-refractivity contribution in [3.05, 3.63) is 54.2 Å². The van der Waals surface area contributed by atoms with Crippen LogP contribution in [0.25, 0.3) is 33.1 Å². The first-order valence-electron chi connectivity index (χ1n) is 11.1. The summed E-state index contributed by atoms with van der Waals surface area (Å²) >= 11 is 0. The molecule has 0 bridgehead atoms. The Morgan fingerprint density at radius 2 is 1.90 bits per heavy atom. The minimum absolute atomic E-state index is 0.661. The molecule has 0 saturated carbocycles. The Kier molecular flexibility index (Phi) is 5.40. The van der Waals surface area contributed by atoms with E-state index in [0.29, 0.717) is 5.92 Å². The Morgan fingerprint density at radius 3 is 2.65 bits per heavy atom. The quantitative estimate of drug-likeness (QED) is 0.491. The van der Waals surface area contributed by atoms with Crippen molar-refractivity contribution in [1.82, 2.24) is 24.8 Å². The first-order chi connectivity index (χ1) is 15.3. The minimum atomic E-state index is 0.661. The molecule has 5 heterocycles. The molecule has 4 aromatic heterocycles. The molecule has 0 aliphatic carbocycles. The Morgan fingerprint density at radius 1 is 1.10 bits per heavy atom. The minimum Gasteiger partial charge on any atom is -0.338 e. The molecule has 5 rings (SSSR count). The van der Waals surface area contributed by atoms with Crippen molar-refractivity contribution < 1.29 is 0 Å². The van der Waals surface area contributed by atoms with E-state index in [2.05, 4.69) is 39.7 Å². The van der Waals surface area contributed by atoms with Crippen LogP contribution in [0.2, 0.25) is 0 Å². The lowest BCUT2D eigenvalue weighted by Crippen LogP contribution is -2.34. The summed E-state index contributed by atoms with van der Waals surface area (Å²) in [6.07, 6.45) is 10.9. The molecule has 0 amide bonds. The average Bonchev–Trinajstić information content (AvgIpc) is 3.20. The molecule has 0 unspecified atom stereocenters. The molecule has 4 aromatic rings. The molecule has 1 saturated heterocycles. The van der Waals surface area contributed by atoms with Gasteiger partial charge in [0.25, 0.3) is 0 Å². The molecule has 156 valence electrons. The van der Waals surface area contributed by atoms with Crippen molar-refractivity contribution in [3.8, 4) is 23.0 Å². The summed E-state index contributed by atoms with van der Waals surface area (Å²) in [4.78, 5) is 19.6. The average molecular weight is 410 g/mol. The molecule has 31 heavy (non-hydrogen) atoms. The first kappa shape index (κ1) is 19.7. The third kappa shape index (κ3) is 3.80. The van der Waals surface area contributed by atoms with Gasteiger partial charge in [0.05, 0.1) is 11.7 Å². The number of H-pyrrole nitrogens is 1. The van der Waals surface area contributed by atoms with Gasteiger partial charge in [0.15, 0.2) is 0 Å². The molecule has 0 aromatic carbocycles. The Balaban J connectivity index is 1.64. The maximum Gasteiger partial charge on any atom is 0.138 e. The molecule has 0 spiro atoms. The van der Waals surface area contributed by atoms with Crippen molar-refractivity contribution >= 4 is 21.9 Å². The number of nitrogens with zero attached hydrogens (tertiary/aromatic N) is 4. The van der Waals surface area contributed by atoms with E-state index in [1.165, 1.54) is 36.9 Å². The zero-order valence-electron chi connectivity index (χ0n) is 18.2. The normalized spacial score (nSPS) is 15.3. The third-order valence-corrected chi connectivity index (χ3v) is 6.49. The van der Waals surface area contributed by atoms with E-state index >= 15 is 0 Å². The Labute approximate surface area is 182 Å². The molecule has 5 heteroatoms. The summed E-state index contributed by atoms with van der Waals surface area (Å²) in [5.74, 6) is 6.99. The summed E-state index contributed by atoms with van der Waals surface area (Å²) < 4.78 is 0. The number of nitrogens with one attached hydrogen (secondary N) is 1. The van der Waals surface area contributed by atoms with Crippen molar-refractivity contribution in [2.45, 2.75) is 33.1 Å². The monoisotopic (exact) mass is 409 g/mol. The predicted molar refractivity (Wildman–Crippen MR) is 126 cm³/mol. The zero-order valence-corrected chi connectivity index (χ0v) is 18.2. The van der Waals surface area contributed by atoms with Crippen LogP contribution in [0, 0.1) is 17.8 Å². The number of aromatic nitrogens is 4. The zero-order chi connectivity index (χ0) is 21.2. The highest BCUT2D eigenvalue weighted by molar-refractivity contribution is 6.09. The van der Waals surface area contributed by atoms with E-state index in [1.54, 1.807) is 0 Å². The number of aromatic amines is 1. The smallest absolute Gasteiger partial charge is 0.138 e. The topological polar surface area (TPSA) is 57.7 Å². The molecule has 1 N–H and O–H groups in total. The van der Waals surface area contributed by atoms with Gasteiger partial charge < -0.3 is 9.88 Å². The van der Waals surface area contributed by atoms with Gasteiger partial charge >= 0.3 is 0 Å². The van der Waals surface area contributed by atoms with Crippen molar-refractivity contribution in [2.75, 3.05) is 19.6 Å². The standard InChI is InChI=1S/C26H27N5/c1-3-5-23-21(14-18-8-12-31(4-2)13-9-18)25-22-15-20(19-6-10-27-11-7-19)16-29-26(22)30-24(25)17-28-23/h6-7,10-11,15-18H,4,8-9,12-14H2,1-2H3,(H,29,30). The van der Waals surface area contributed by atoms with E-state index in [1.807, 2.05) is 43.8 Å². The highest BCUT2D eigenvalue weighted by Crippen LogP contribution is 2.34. The van der Waals surface area contributed by atoms with Crippen LogP contribution in [0.3, 0.4) is 0 Å². The molecule has 1 aliphatic rings. The van der Waals surface area contributed by atoms with Gasteiger partial charge in [-0.2, -0.15) is 0 Å². The van der Waals surface area contributed by atoms with E-state index < -0.39 is 0 Å². The second-order valence-corrected chi connectivity index (χ2v) is 8.31. The van der Waals surface area contributed by atoms with Gasteiger partial charge in [-0.3, -0.25) is 4.98 Å². The lowest BCUT2D eigenvalue weighted by atomic mass is 9.88. The first-order valence-corrected chi connectivity index (χ1v) is 11.1. The van der Waals surface area contributed by atoms with Crippen LogP contribution in [0.15, 0.2) is 43.0 Å². The summed E-state index contributed by atoms with van der Waals surface area (Å²) in [6, 6.07) is 6.29. The van der Waals surface area contributed by atoms with Crippen molar-refractivity contribution in [1.29, 1.82) is 0 Å². The number of fused-ring (bicyclic) bond motifs is 3. The van der Waals surface area contributed by atoms with Gasteiger partial charge in [-0.25, -0.2) is 9.97 Å². The molecule has 1 fully saturated rings. The summed E-state index contributed by atoms with van der Waals surface area (Å²) in [7, 11) is 0. The van der Waals surface area contributed by atoms with E-state index in [4.69, 9.17) is 9.97 Å².